The predicted molar refractivity (Wildman–Crippen MR) is 76.1 cm³/mol. The first-order valence-corrected chi connectivity index (χ1v) is 9.08. The first-order valence-electron chi connectivity index (χ1n) is 6.86. The Morgan fingerprint density at radius 3 is 2.06 bits per heavy atom. The van der Waals surface area contributed by atoms with Crippen LogP contribution in [0.2, 0.25) is 6.55 Å². The molecule has 0 aromatic rings. The highest BCUT2D eigenvalue weighted by Gasteiger charge is 2.40. The molecule has 0 radical (unpaired) electrons. The molecule has 4 N–H and O–H groups in total. The van der Waals surface area contributed by atoms with Crippen molar-refractivity contribution >= 4 is 8.80 Å². The van der Waals surface area contributed by atoms with Gasteiger partial charge in [0, 0.05) is 19.8 Å². The van der Waals surface area contributed by atoms with Gasteiger partial charge in [0.05, 0.1) is 0 Å². The van der Waals surface area contributed by atoms with Gasteiger partial charge < -0.3 is 24.7 Å². The van der Waals surface area contributed by atoms with E-state index in [4.69, 9.17) is 24.7 Å². The van der Waals surface area contributed by atoms with Gasteiger partial charge >= 0.3 is 8.80 Å². The second kappa shape index (κ2) is 9.01. The van der Waals surface area contributed by atoms with E-state index < -0.39 is 14.5 Å². The summed E-state index contributed by atoms with van der Waals surface area (Å²) >= 11 is 0. The van der Waals surface area contributed by atoms with Crippen molar-refractivity contribution in [1.29, 1.82) is 0 Å². The Morgan fingerprint density at radius 1 is 1.06 bits per heavy atom. The largest absolute Gasteiger partial charge is 0.499 e. The zero-order valence-electron chi connectivity index (χ0n) is 12.3. The molecule has 0 fully saturated rings. The third-order valence-electron chi connectivity index (χ3n) is 2.61. The second-order valence-electron chi connectivity index (χ2n) is 4.74. The topological polar surface area (TPSA) is 79.7 Å². The minimum atomic E-state index is -2.60. The molecule has 1 unspecified atom stereocenters. The lowest BCUT2D eigenvalue weighted by molar-refractivity contribution is -0.0180. The van der Waals surface area contributed by atoms with Crippen LogP contribution in [0.25, 0.3) is 0 Å². The summed E-state index contributed by atoms with van der Waals surface area (Å²) in [5, 5.41) is 0. The van der Waals surface area contributed by atoms with Gasteiger partial charge in [0.25, 0.3) is 0 Å². The standard InChI is InChI=1S/C12H30N2O3Si/c1-5-15-18(4,16-6-2)17-12(3,14)10-8-7-9-11-13/h5-11,13-14H2,1-4H3. The lowest BCUT2D eigenvalue weighted by Gasteiger charge is -2.34. The zero-order valence-corrected chi connectivity index (χ0v) is 13.3. The van der Waals surface area contributed by atoms with E-state index in [2.05, 4.69) is 0 Å². The first kappa shape index (κ1) is 18.0. The van der Waals surface area contributed by atoms with Crippen molar-refractivity contribution in [3.63, 3.8) is 0 Å². The fourth-order valence-corrected chi connectivity index (χ4v) is 4.10. The van der Waals surface area contributed by atoms with Gasteiger partial charge in [-0.05, 0) is 46.6 Å². The minimum absolute atomic E-state index is 0.575. The van der Waals surface area contributed by atoms with E-state index in [0.717, 1.165) is 32.2 Å². The van der Waals surface area contributed by atoms with Crippen LogP contribution in [0.1, 0.15) is 46.5 Å². The molecule has 0 spiro atoms. The Labute approximate surface area is 113 Å². The van der Waals surface area contributed by atoms with Crippen LogP contribution in [0.15, 0.2) is 0 Å². The highest BCUT2D eigenvalue weighted by Crippen LogP contribution is 2.21. The van der Waals surface area contributed by atoms with Crippen molar-refractivity contribution in [3.05, 3.63) is 0 Å². The monoisotopic (exact) mass is 278 g/mol. The molecule has 0 aliphatic heterocycles. The summed E-state index contributed by atoms with van der Waals surface area (Å²) in [6, 6.07) is 0. The van der Waals surface area contributed by atoms with Crippen LogP contribution in [0.5, 0.6) is 0 Å². The Kier molecular flexibility index (Phi) is 9.01. The molecule has 0 amide bonds. The van der Waals surface area contributed by atoms with Crippen LogP contribution in [0, 0.1) is 0 Å². The van der Waals surface area contributed by atoms with Gasteiger partial charge in [0.15, 0.2) is 0 Å². The average Bonchev–Trinajstić information content (AvgIpc) is 2.24. The van der Waals surface area contributed by atoms with Crippen molar-refractivity contribution in [3.8, 4) is 0 Å². The Bertz CT molecular complexity index is 209. The van der Waals surface area contributed by atoms with Crippen molar-refractivity contribution < 1.29 is 13.3 Å². The third kappa shape index (κ3) is 8.18. The Hall–Kier alpha value is 0.0169. The van der Waals surface area contributed by atoms with E-state index >= 15 is 0 Å². The molecule has 110 valence electrons. The zero-order chi connectivity index (χ0) is 14.1. The molecule has 0 aliphatic carbocycles. The van der Waals surface area contributed by atoms with Crippen LogP contribution >= 0.6 is 0 Å². The van der Waals surface area contributed by atoms with Gasteiger partial charge in [-0.3, -0.25) is 0 Å². The van der Waals surface area contributed by atoms with Gasteiger partial charge in [0.1, 0.15) is 5.72 Å². The summed E-state index contributed by atoms with van der Waals surface area (Å²) < 4.78 is 17.2. The summed E-state index contributed by atoms with van der Waals surface area (Å²) in [4.78, 5) is 0. The molecular weight excluding hydrogens is 248 g/mol. The van der Waals surface area contributed by atoms with Crippen molar-refractivity contribution in [2.45, 2.75) is 58.7 Å². The molecule has 0 rings (SSSR count). The maximum Gasteiger partial charge on any atom is 0.499 e. The molecule has 5 nitrogen and oxygen atoms in total. The van der Waals surface area contributed by atoms with E-state index in [0.29, 0.717) is 13.2 Å². The molecule has 18 heavy (non-hydrogen) atoms. The molecule has 0 saturated carbocycles. The molecule has 0 bridgehead atoms. The predicted octanol–water partition coefficient (Wildman–Crippen LogP) is 1.84. The average molecular weight is 278 g/mol. The van der Waals surface area contributed by atoms with E-state index in [9.17, 15) is 0 Å². The van der Waals surface area contributed by atoms with Gasteiger partial charge in [-0.1, -0.05) is 6.42 Å². The SMILES string of the molecule is CCO[Si](C)(OCC)OC(C)(N)CCCCCN. The van der Waals surface area contributed by atoms with Crippen LogP contribution < -0.4 is 11.5 Å². The molecule has 0 aromatic carbocycles. The fourth-order valence-electron chi connectivity index (χ4n) is 1.90. The summed E-state index contributed by atoms with van der Waals surface area (Å²) in [5.41, 5.74) is 10.9. The maximum absolute atomic E-state index is 6.17. The molecule has 6 heteroatoms. The third-order valence-corrected chi connectivity index (χ3v) is 5.07. The number of hydrogen-bond donors (Lipinski definition) is 2. The van der Waals surface area contributed by atoms with E-state index in [-0.39, 0.29) is 0 Å². The fraction of sp³-hybridized carbons (Fsp3) is 1.00. The van der Waals surface area contributed by atoms with Crippen LogP contribution in [-0.4, -0.2) is 34.3 Å². The van der Waals surface area contributed by atoms with Crippen LogP contribution in [0.4, 0.5) is 0 Å². The minimum Gasteiger partial charge on any atom is -0.374 e. The molecule has 0 saturated heterocycles. The lowest BCUT2D eigenvalue weighted by atomic mass is 10.1. The summed E-state index contributed by atoms with van der Waals surface area (Å²) in [5.74, 6) is 0. The summed E-state index contributed by atoms with van der Waals surface area (Å²) in [6.45, 7) is 9.53. The normalized spacial score (nSPS) is 15.7. The molecular formula is C12H30N2O3Si. The molecule has 0 heterocycles. The maximum atomic E-state index is 6.17. The quantitative estimate of drug-likeness (QED) is 0.342. The summed E-state index contributed by atoms with van der Waals surface area (Å²) in [7, 11) is -2.60. The van der Waals surface area contributed by atoms with Gasteiger partial charge in [-0.15, -0.1) is 0 Å². The van der Waals surface area contributed by atoms with E-state index in [1.807, 2.05) is 27.3 Å². The van der Waals surface area contributed by atoms with Crippen molar-refractivity contribution in [1.82, 2.24) is 0 Å². The number of rotatable bonds is 11. The first-order chi connectivity index (χ1) is 8.39. The highest BCUT2D eigenvalue weighted by molar-refractivity contribution is 6.59. The number of nitrogens with two attached hydrogens (primary N) is 2. The molecule has 1 atom stereocenters. The van der Waals surface area contributed by atoms with Crippen molar-refractivity contribution in [2.24, 2.45) is 11.5 Å². The number of hydrogen-bond acceptors (Lipinski definition) is 5. The highest BCUT2D eigenvalue weighted by atomic mass is 28.4. The number of unbranched alkanes of at least 4 members (excludes halogenated alkanes) is 2. The Balaban J connectivity index is 4.22. The van der Waals surface area contributed by atoms with Gasteiger partial charge in [-0.25, -0.2) is 0 Å². The lowest BCUT2D eigenvalue weighted by Crippen LogP contribution is -2.54. The van der Waals surface area contributed by atoms with Crippen LogP contribution in [0.3, 0.4) is 0 Å². The van der Waals surface area contributed by atoms with Gasteiger partial charge in [-0.2, -0.15) is 0 Å². The van der Waals surface area contributed by atoms with Crippen molar-refractivity contribution in [2.75, 3.05) is 19.8 Å². The van der Waals surface area contributed by atoms with E-state index in [1.165, 1.54) is 0 Å². The van der Waals surface area contributed by atoms with E-state index in [1.54, 1.807) is 0 Å². The van der Waals surface area contributed by atoms with Gasteiger partial charge in [0.2, 0.25) is 0 Å². The summed E-state index contributed by atoms with van der Waals surface area (Å²) in [6.07, 6.45) is 3.90. The molecule has 0 aliphatic rings. The molecule has 0 aromatic heterocycles. The van der Waals surface area contributed by atoms with Crippen LogP contribution in [-0.2, 0) is 13.3 Å². The second-order valence-corrected chi connectivity index (χ2v) is 7.25. The smallest absolute Gasteiger partial charge is 0.374 e. The Morgan fingerprint density at radius 2 is 1.61 bits per heavy atom.